The Balaban J connectivity index is 1.35. The molecule has 0 saturated heterocycles. The second-order valence-electron chi connectivity index (χ2n) is 9.71. The monoisotopic (exact) mass is 462 g/mol. The SMILES string of the molecule is C[C@@H](CCc1ccccc1)NC(=O)c1ccc(-n2c(-c3ccccc3)cc3c2CCCCC3)cc1. The number of nitrogens with one attached hydrogen (secondary N) is 1. The maximum atomic E-state index is 12.9. The normalized spacial score (nSPS) is 14.1. The van der Waals surface area contributed by atoms with E-state index in [0.29, 0.717) is 5.56 Å². The first-order chi connectivity index (χ1) is 17.2. The summed E-state index contributed by atoms with van der Waals surface area (Å²) < 4.78 is 2.42. The summed E-state index contributed by atoms with van der Waals surface area (Å²) in [5, 5.41) is 3.17. The average molecular weight is 463 g/mol. The molecule has 3 heteroatoms. The molecule has 3 nitrogen and oxygen atoms in total. The second kappa shape index (κ2) is 10.8. The molecular formula is C32H34N2O. The molecule has 0 saturated carbocycles. The van der Waals surface area contributed by atoms with E-state index in [1.165, 1.54) is 47.3 Å². The van der Waals surface area contributed by atoms with Crippen LogP contribution in [0, 0.1) is 0 Å². The predicted molar refractivity (Wildman–Crippen MR) is 144 cm³/mol. The molecule has 1 aliphatic carbocycles. The lowest BCUT2D eigenvalue weighted by Crippen LogP contribution is -2.32. The number of hydrogen-bond donors (Lipinski definition) is 1. The summed E-state index contributed by atoms with van der Waals surface area (Å²) >= 11 is 0. The smallest absolute Gasteiger partial charge is 0.251 e. The lowest BCUT2D eigenvalue weighted by molar-refractivity contribution is 0.0938. The van der Waals surface area contributed by atoms with Gasteiger partial charge in [-0.15, -0.1) is 0 Å². The van der Waals surface area contributed by atoms with Gasteiger partial charge in [0.1, 0.15) is 0 Å². The van der Waals surface area contributed by atoms with E-state index in [1.54, 1.807) is 0 Å². The molecule has 178 valence electrons. The first-order valence-corrected chi connectivity index (χ1v) is 12.9. The van der Waals surface area contributed by atoms with Crippen molar-refractivity contribution in [3.63, 3.8) is 0 Å². The third kappa shape index (κ3) is 5.40. The van der Waals surface area contributed by atoms with E-state index in [2.05, 4.69) is 89.6 Å². The molecule has 1 N–H and O–H groups in total. The van der Waals surface area contributed by atoms with Gasteiger partial charge < -0.3 is 9.88 Å². The molecule has 0 bridgehead atoms. The summed E-state index contributed by atoms with van der Waals surface area (Å²) in [6.45, 7) is 2.08. The molecular weight excluding hydrogens is 428 g/mol. The number of amides is 1. The molecule has 0 aliphatic heterocycles. The molecule has 1 aliphatic rings. The van der Waals surface area contributed by atoms with Gasteiger partial charge in [-0.1, -0.05) is 67.1 Å². The Morgan fingerprint density at radius 1 is 0.857 bits per heavy atom. The van der Waals surface area contributed by atoms with Gasteiger partial charge in [0.2, 0.25) is 0 Å². The van der Waals surface area contributed by atoms with Crippen LogP contribution >= 0.6 is 0 Å². The highest BCUT2D eigenvalue weighted by atomic mass is 16.1. The quantitative estimate of drug-likeness (QED) is 0.290. The highest BCUT2D eigenvalue weighted by Crippen LogP contribution is 2.33. The zero-order chi connectivity index (χ0) is 24.0. The third-order valence-electron chi connectivity index (χ3n) is 7.10. The van der Waals surface area contributed by atoms with Gasteiger partial charge in [-0.05, 0) is 92.5 Å². The lowest BCUT2D eigenvalue weighted by Gasteiger charge is -2.16. The van der Waals surface area contributed by atoms with Crippen LogP contribution in [0.25, 0.3) is 16.9 Å². The van der Waals surface area contributed by atoms with Crippen molar-refractivity contribution in [3.05, 3.63) is 113 Å². The van der Waals surface area contributed by atoms with Crippen molar-refractivity contribution in [3.8, 4) is 16.9 Å². The van der Waals surface area contributed by atoms with Gasteiger partial charge in [-0.25, -0.2) is 0 Å². The molecule has 5 rings (SSSR count). The van der Waals surface area contributed by atoms with E-state index in [0.717, 1.165) is 31.4 Å². The maximum Gasteiger partial charge on any atom is 0.251 e. The van der Waals surface area contributed by atoms with Crippen molar-refractivity contribution in [2.24, 2.45) is 0 Å². The van der Waals surface area contributed by atoms with Crippen LogP contribution in [0.4, 0.5) is 0 Å². The van der Waals surface area contributed by atoms with Crippen LogP contribution in [0.2, 0.25) is 0 Å². The third-order valence-corrected chi connectivity index (χ3v) is 7.10. The van der Waals surface area contributed by atoms with Gasteiger partial charge in [-0.2, -0.15) is 0 Å². The number of fused-ring (bicyclic) bond motifs is 1. The zero-order valence-corrected chi connectivity index (χ0v) is 20.5. The Morgan fingerprint density at radius 3 is 2.29 bits per heavy atom. The number of rotatable bonds is 7. The fourth-order valence-corrected chi connectivity index (χ4v) is 5.16. The van der Waals surface area contributed by atoms with Crippen LogP contribution in [-0.2, 0) is 19.3 Å². The molecule has 1 aromatic heterocycles. The van der Waals surface area contributed by atoms with E-state index >= 15 is 0 Å². The van der Waals surface area contributed by atoms with E-state index < -0.39 is 0 Å². The van der Waals surface area contributed by atoms with Crippen LogP contribution < -0.4 is 5.32 Å². The highest BCUT2D eigenvalue weighted by molar-refractivity contribution is 5.94. The molecule has 4 aromatic rings. The van der Waals surface area contributed by atoms with Gasteiger partial charge >= 0.3 is 0 Å². The van der Waals surface area contributed by atoms with Crippen LogP contribution in [0.5, 0.6) is 0 Å². The minimum Gasteiger partial charge on any atom is -0.350 e. The molecule has 1 amide bonds. The number of carbonyl (C=O) groups excluding carboxylic acids is 1. The van der Waals surface area contributed by atoms with Crippen molar-refractivity contribution >= 4 is 5.91 Å². The van der Waals surface area contributed by atoms with Gasteiger partial charge in [-0.3, -0.25) is 4.79 Å². The van der Waals surface area contributed by atoms with Gasteiger partial charge in [0.15, 0.2) is 0 Å². The number of carbonyl (C=O) groups is 1. The van der Waals surface area contributed by atoms with Crippen LogP contribution in [0.1, 0.15) is 59.8 Å². The van der Waals surface area contributed by atoms with Crippen molar-refractivity contribution in [2.45, 2.75) is 57.9 Å². The molecule has 0 unspecified atom stereocenters. The molecule has 0 radical (unpaired) electrons. The predicted octanol–water partition coefficient (Wildman–Crippen LogP) is 7.16. The Morgan fingerprint density at radius 2 is 1.54 bits per heavy atom. The van der Waals surface area contributed by atoms with E-state index in [9.17, 15) is 4.79 Å². The summed E-state index contributed by atoms with van der Waals surface area (Å²) in [6.07, 6.45) is 7.90. The Hall–Kier alpha value is -3.59. The van der Waals surface area contributed by atoms with Crippen molar-refractivity contribution < 1.29 is 4.79 Å². The molecule has 1 atom stereocenters. The Labute approximate surface area is 208 Å². The van der Waals surface area contributed by atoms with Crippen molar-refractivity contribution in [1.82, 2.24) is 9.88 Å². The molecule has 1 heterocycles. The second-order valence-corrected chi connectivity index (χ2v) is 9.71. The number of aromatic nitrogens is 1. The van der Waals surface area contributed by atoms with E-state index in [-0.39, 0.29) is 11.9 Å². The van der Waals surface area contributed by atoms with Gasteiger partial charge in [0.25, 0.3) is 5.91 Å². The standard InChI is InChI=1S/C32H34N2O/c1-24(17-18-25-11-5-2-6-12-25)33-32(35)27-19-21-29(22-20-27)34-30-16-10-4-9-15-28(30)23-31(34)26-13-7-3-8-14-26/h2-3,5-8,11-14,19-24H,4,9-10,15-18H2,1H3,(H,33,35)/t24-/m0/s1. The zero-order valence-electron chi connectivity index (χ0n) is 20.5. The average Bonchev–Trinajstić information content (AvgIpc) is 3.11. The molecule has 35 heavy (non-hydrogen) atoms. The first-order valence-electron chi connectivity index (χ1n) is 12.9. The topological polar surface area (TPSA) is 34.0 Å². The number of benzene rings is 3. The van der Waals surface area contributed by atoms with E-state index in [4.69, 9.17) is 0 Å². The van der Waals surface area contributed by atoms with Crippen LogP contribution in [-0.4, -0.2) is 16.5 Å². The van der Waals surface area contributed by atoms with Gasteiger partial charge in [0, 0.05) is 23.0 Å². The van der Waals surface area contributed by atoms with Crippen LogP contribution in [0.3, 0.4) is 0 Å². The summed E-state index contributed by atoms with van der Waals surface area (Å²) in [4.78, 5) is 12.9. The van der Waals surface area contributed by atoms with Gasteiger partial charge in [0.05, 0.1) is 5.69 Å². The summed E-state index contributed by atoms with van der Waals surface area (Å²) in [6, 6.07) is 31.7. The fraction of sp³-hybridized carbons (Fsp3) is 0.281. The Bertz CT molecular complexity index is 1260. The van der Waals surface area contributed by atoms with Crippen molar-refractivity contribution in [2.75, 3.05) is 0 Å². The highest BCUT2D eigenvalue weighted by Gasteiger charge is 2.20. The molecule has 0 spiro atoms. The number of aryl methyl sites for hydroxylation is 2. The molecule has 0 fully saturated rings. The Kier molecular flexibility index (Phi) is 7.13. The largest absolute Gasteiger partial charge is 0.350 e. The maximum absolute atomic E-state index is 12.9. The summed E-state index contributed by atoms with van der Waals surface area (Å²) in [7, 11) is 0. The first kappa shape index (κ1) is 23.2. The number of nitrogens with zero attached hydrogens (tertiary/aromatic N) is 1. The molecule has 3 aromatic carbocycles. The minimum absolute atomic E-state index is 0.00766. The lowest BCUT2D eigenvalue weighted by atomic mass is 10.1. The summed E-state index contributed by atoms with van der Waals surface area (Å²) in [5.41, 5.74) is 8.50. The minimum atomic E-state index is -0.00766. The van der Waals surface area contributed by atoms with Crippen LogP contribution in [0.15, 0.2) is 91.0 Å². The summed E-state index contributed by atoms with van der Waals surface area (Å²) in [5.74, 6) is -0.00766. The fourth-order valence-electron chi connectivity index (χ4n) is 5.16. The number of hydrogen-bond acceptors (Lipinski definition) is 1. The van der Waals surface area contributed by atoms with E-state index in [1.807, 2.05) is 18.2 Å². The van der Waals surface area contributed by atoms with Crippen molar-refractivity contribution in [1.29, 1.82) is 0 Å².